The molecule has 0 aromatic heterocycles. The minimum atomic E-state index is -2.96. The molecule has 21 heavy (non-hydrogen) atoms. The fraction of sp³-hybridized carbons (Fsp3) is 0.933. The number of hydrogen-bond donors (Lipinski definition) is 1. The van der Waals surface area contributed by atoms with Crippen molar-refractivity contribution < 1.29 is 17.9 Å². The summed E-state index contributed by atoms with van der Waals surface area (Å²) < 4.78 is 28.5. The topological polar surface area (TPSA) is 72.5 Å². The number of sulfone groups is 1. The van der Waals surface area contributed by atoms with E-state index < -0.39 is 9.84 Å². The van der Waals surface area contributed by atoms with Crippen LogP contribution in [0.5, 0.6) is 0 Å². The molecule has 2 rings (SSSR count). The third-order valence-corrected chi connectivity index (χ3v) is 6.49. The molecule has 0 aromatic rings. The molecule has 122 valence electrons. The minimum absolute atomic E-state index is 0.0817. The van der Waals surface area contributed by atoms with E-state index >= 15 is 0 Å². The maximum Gasteiger partial charge on any atom is 0.310 e. The molecule has 1 aliphatic heterocycles. The molecular formula is C15H27NO4S. The molecule has 2 fully saturated rings. The van der Waals surface area contributed by atoms with Gasteiger partial charge in [0.2, 0.25) is 0 Å². The fourth-order valence-electron chi connectivity index (χ4n) is 3.20. The summed E-state index contributed by atoms with van der Waals surface area (Å²) in [5, 5.41) is 2.86. The molecule has 2 atom stereocenters. The van der Waals surface area contributed by atoms with Gasteiger partial charge < -0.3 is 4.74 Å². The van der Waals surface area contributed by atoms with Crippen LogP contribution in [0, 0.1) is 11.3 Å². The highest BCUT2D eigenvalue weighted by Crippen LogP contribution is 2.51. The zero-order chi connectivity index (χ0) is 15.7. The van der Waals surface area contributed by atoms with Crippen molar-refractivity contribution in [1.82, 2.24) is 5.32 Å². The van der Waals surface area contributed by atoms with Gasteiger partial charge in [0.05, 0.1) is 11.2 Å². The summed E-state index contributed by atoms with van der Waals surface area (Å²) in [5.74, 6) is -0.243. The lowest BCUT2D eigenvalue weighted by Crippen LogP contribution is -2.71. The van der Waals surface area contributed by atoms with E-state index in [-0.39, 0.29) is 28.8 Å². The molecular weight excluding hydrogens is 290 g/mol. The number of unbranched alkanes of at least 4 members (excludes halogenated alkanes) is 2. The van der Waals surface area contributed by atoms with Crippen LogP contribution in [0.3, 0.4) is 0 Å². The third-order valence-electron chi connectivity index (χ3n) is 4.95. The predicted molar refractivity (Wildman–Crippen MR) is 81.5 cm³/mol. The van der Waals surface area contributed by atoms with Crippen molar-refractivity contribution in [2.45, 2.75) is 63.9 Å². The quantitative estimate of drug-likeness (QED) is 0.573. The first kappa shape index (κ1) is 16.7. The Balaban J connectivity index is 1.78. The minimum Gasteiger partial charge on any atom is -0.446 e. The van der Waals surface area contributed by atoms with Crippen molar-refractivity contribution in [2.24, 2.45) is 11.3 Å². The predicted octanol–water partition coefficient (Wildman–Crippen LogP) is 1.87. The van der Waals surface area contributed by atoms with Crippen molar-refractivity contribution in [1.29, 1.82) is 0 Å². The molecule has 1 N–H and O–H groups in total. The summed E-state index contributed by atoms with van der Waals surface area (Å²) in [6, 6.07) is 0. The van der Waals surface area contributed by atoms with Crippen LogP contribution in [0.15, 0.2) is 0 Å². The Bertz CT molecular complexity index is 482. The Morgan fingerprint density at radius 2 is 2.05 bits per heavy atom. The van der Waals surface area contributed by atoms with Crippen LogP contribution in [-0.4, -0.2) is 38.7 Å². The Hall–Kier alpha value is -0.620. The van der Waals surface area contributed by atoms with Crippen LogP contribution < -0.4 is 5.32 Å². The van der Waals surface area contributed by atoms with Crippen molar-refractivity contribution in [3.63, 3.8) is 0 Å². The van der Waals surface area contributed by atoms with Gasteiger partial charge in [-0.05, 0) is 19.3 Å². The van der Waals surface area contributed by atoms with Crippen LogP contribution in [0.4, 0.5) is 0 Å². The molecule has 1 saturated carbocycles. The number of hydrogen-bond acceptors (Lipinski definition) is 5. The Labute approximate surface area is 127 Å². The lowest BCUT2D eigenvalue weighted by molar-refractivity contribution is -0.188. The lowest BCUT2D eigenvalue weighted by atomic mass is 9.62. The number of carbonyl (C=O) groups excluding carboxylic acids is 1. The fourth-order valence-corrected chi connectivity index (χ4v) is 4.47. The van der Waals surface area contributed by atoms with Gasteiger partial charge >= 0.3 is 5.97 Å². The van der Waals surface area contributed by atoms with E-state index in [0.29, 0.717) is 12.8 Å². The molecule has 6 heteroatoms. The van der Waals surface area contributed by atoms with E-state index in [0.717, 1.165) is 32.2 Å². The van der Waals surface area contributed by atoms with E-state index in [1.54, 1.807) is 0 Å². The second-order valence-corrected chi connectivity index (χ2v) is 9.14. The first-order valence-electron chi connectivity index (χ1n) is 7.91. The molecule has 0 amide bonds. The second kappa shape index (κ2) is 6.24. The van der Waals surface area contributed by atoms with E-state index in [1.165, 1.54) is 6.26 Å². The molecule has 2 unspecified atom stereocenters. The molecule has 5 nitrogen and oxygen atoms in total. The van der Waals surface area contributed by atoms with E-state index in [2.05, 4.69) is 12.2 Å². The van der Waals surface area contributed by atoms with E-state index in [9.17, 15) is 13.2 Å². The highest BCUT2D eigenvalue weighted by atomic mass is 32.2. The Kier molecular flexibility index (Phi) is 4.98. The van der Waals surface area contributed by atoms with Crippen molar-refractivity contribution in [2.75, 3.05) is 12.8 Å². The smallest absolute Gasteiger partial charge is 0.310 e. The van der Waals surface area contributed by atoms with Crippen LogP contribution in [-0.2, 0) is 19.4 Å². The summed E-state index contributed by atoms with van der Waals surface area (Å²) >= 11 is 0. The van der Waals surface area contributed by atoms with Gasteiger partial charge in [0.25, 0.3) is 0 Å². The average molecular weight is 317 g/mol. The Morgan fingerprint density at radius 3 is 2.52 bits per heavy atom. The highest BCUT2D eigenvalue weighted by molar-refractivity contribution is 7.91. The van der Waals surface area contributed by atoms with Gasteiger partial charge in [-0.15, -0.1) is 0 Å². The first-order chi connectivity index (χ1) is 9.78. The van der Waals surface area contributed by atoms with Crippen LogP contribution >= 0.6 is 0 Å². The molecule has 1 saturated heterocycles. The zero-order valence-electron chi connectivity index (χ0n) is 13.2. The number of esters is 1. The van der Waals surface area contributed by atoms with E-state index in [1.807, 2.05) is 6.92 Å². The zero-order valence-corrected chi connectivity index (χ0v) is 14.0. The summed E-state index contributed by atoms with van der Waals surface area (Å²) in [4.78, 5) is 12.1. The summed E-state index contributed by atoms with van der Waals surface area (Å²) in [7, 11) is -2.96. The first-order valence-corrected chi connectivity index (χ1v) is 9.87. The second-order valence-electron chi connectivity index (χ2n) is 6.82. The summed E-state index contributed by atoms with van der Waals surface area (Å²) in [6.07, 6.45) is 6.40. The number of nitrogens with one attached hydrogen (secondary N) is 1. The molecule has 1 aliphatic carbocycles. The average Bonchev–Trinajstić information content (AvgIpc) is 2.31. The Morgan fingerprint density at radius 1 is 1.38 bits per heavy atom. The molecule has 1 spiro atoms. The summed E-state index contributed by atoms with van der Waals surface area (Å²) in [6.45, 7) is 4.80. The molecule has 2 aliphatic rings. The van der Waals surface area contributed by atoms with Gasteiger partial charge in [0.15, 0.2) is 6.23 Å². The summed E-state index contributed by atoms with van der Waals surface area (Å²) in [5.41, 5.74) is -0.132. The molecule has 0 bridgehead atoms. The monoisotopic (exact) mass is 317 g/mol. The standard InChI is InChI=1S/C15H27NO4S/c1-4-5-6-7-11(2)13(17)20-14-15(10-16-14)8-12(9-15)21(3,18)19/h11-12,14,16H,4-10H2,1-3H3. The van der Waals surface area contributed by atoms with Gasteiger partial charge in [-0.1, -0.05) is 33.1 Å². The van der Waals surface area contributed by atoms with Crippen molar-refractivity contribution in [3.05, 3.63) is 0 Å². The molecule has 0 radical (unpaired) electrons. The molecule has 0 aromatic carbocycles. The van der Waals surface area contributed by atoms with Crippen LogP contribution in [0.2, 0.25) is 0 Å². The lowest BCUT2D eigenvalue weighted by Gasteiger charge is -2.57. The largest absolute Gasteiger partial charge is 0.446 e. The van der Waals surface area contributed by atoms with Crippen LogP contribution in [0.1, 0.15) is 52.4 Å². The maximum atomic E-state index is 12.1. The van der Waals surface area contributed by atoms with E-state index in [4.69, 9.17) is 4.74 Å². The van der Waals surface area contributed by atoms with Gasteiger partial charge in [-0.2, -0.15) is 0 Å². The number of rotatable bonds is 7. The van der Waals surface area contributed by atoms with Crippen LogP contribution in [0.25, 0.3) is 0 Å². The maximum absolute atomic E-state index is 12.1. The van der Waals surface area contributed by atoms with Gasteiger partial charge in [0.1, 0.15) is 9.84 Å². The SMILES string of the molecule is CCCCCC(C)C(=O)OC1NCC12CC(S(C)(=O)=O)C2. The van der Waals surface area contributed by atoms with Crippen molar-refractivity contribution >= 4 is 15.8 Å². The van der Waals surface area contributed by atoms with Gasteiger partial charge in [-0.25, -0.2) is 8.42 Å². The normalized spacial score (nSPS) is 33.1. The molecule has 1 heterocycles. The number of ether oxygens (including phenoxy) is 1. The third kappa shape index (κ3) is 3.59. The highest BCUT2D eigenvalue weighted by Gasteiger charge is 2.59. The van der Waals surface area contributed by atoms with Crippen molar-refractivity contribution in [3.8, 4) is 0 Å². The number of carbonyl (C=O) groups is 1. The van der Waals surface area contributed by atoms with Gasteiger partial charge in [0, 0.05) is 18.2 Å². The van der Waals surface area contributed by atoms with Gasteiger partial charge in [-0.3, -0.25) is 10.1 Å².